The molecule has 1 N–H and O–H groups in total. The standard InChI is InChI=1S/C15H15FN2O2/c1-8-13(11-6-5-10(20-2)7-12(11)16)17-14(9-3-4-9)18-15(8)19/h5-7,9H,3-4H2,1-2H3,(H,17,18,19). The van der Waals surface area contributed by atoms with E-state index in [-0.39, 0.29) is 5.56 Å². The lowest BCUT2D eigenvalue weighted by atomic mass is 10.1. The van der Waals surface area contributed by atoms with E-state index in [4.69, 9.17) is 4.74 Å². The summed E-state index contributed by atoms with van der Waals surface area (Å²) in [4.78, 5) is 19.2. The number of aromatic nitrogens is 2. The molecule has 1 aromatic carbocycles. The molecule has 1 aliphatic carbocycles. The van der Waals surface area contributed by atoms with E-state index in [2.05, 4.69) is 9.97 Å². The van der Waals surface area contributed by atoms with Gasteiger partial charge >= 0.3 is 0 Å². The first-order valence-electron chi connectivity index (χ1n) is 6.55. The zero-order valence-electron chi connectivity index (χ0n) is 11.4. The van der Waals surface area contributed by atoms with Crippen molar-refractivity contribution in [3.8, 4) is 17.0 Å². The highest BCUT2D eigenvalue weighted by atomic mass is 19.1. The van der Waals surface area contributed by atoms with E-state index in [0.717, 1.165) is 12.8 Å². The third kappa shape index (κ3) is 2.19. The Morgan fingerprint density at radius 3 is 2.75 bits per heavy atom. The highest BCUT2D eigenvalue weighted by molar-refractivity contribution is 5.64. The van der Waals surface area contributed by atoms with Gasteiger partial charge in [0.25, 0.3) is 5.56 Å². The number of ether oxygens (including phenoxy) is 1. The zero-order valence-corrected chi connectivity index (χ0v) is 11.4. The Hall–Kier alpha value is -2.17. The first-order valence-corrected chi connectivity index (χ1v) is 6.55. The number of hydrogen-bond acceptors (Lipinski definition) is 3. The summed E-state index contributed by atoms with van der Waals surface area (Å²) in [7, 11) is 1.48. The Balaban J connectivity index is 2.15. The lowest BCUT2D eigenvalue weighted by Gasteiger charge is -2.09. The Kier molecular flexibility index (Phi) is 3.04. The summed E-state index contributed by atoms with van der Waals surface area (Å²) in [6.07, 6.45) is 2.05. The molecule has 20 heavy (non-hydrogen) atoms. The van der Waals surface area contributed by atoms with Gasteiger partial charge in [-0.05, 0) is 31.9 Å². The van der Waals surface area contributed by atoms with Crippen LogP contribution in [0.5, 0.6) is 5.75 Å². The molecule has 0 amide bonds. The van der Waals surface area contributed by atoms with Gasteiger partial charge in [-0.3, -0.25) is 4.79 Å². The topological polar surface area (TPSA) is 55.0 Å². The second kappa shape index (κ2) is 4.74. The van der Waals surface area contributed by atoms with Crippen LogP contribution in [-0.2, 0) is 0 Å². The van der Waals surface area contributed by atoms with Crippen LogP contribution in [0.3, 0.4) is 0 Å². The van der Waals surface area contributed by atoms with Gasteiger partial charge in [0.05, 0.1) is 12.8 Å². The Labute approximate surface area is 115 Å². The second-order valence-electron chi connectivity index (χ2n) is 5.04. The van der Waals surface area contributed by atoms with Crippen LogP contribution in [0.1, 0.15) is 30.1 Å². The van der Waals surface area contributed by atoms with Gasteiger partial charge in [0.2, 0.25) is 0 Å². The number of rotatable bonds is 3. The number of nitrogens with one attached hydrogen (secondary N) is 1. The van der Waals surface area contributed by atoms with Gasteiger partial charge in [0, 0.05) is 23.1 Å². The number of nitrogens with zero attached hydrogens (tertiary/aromatic N) is 1. The quantitative estimate of drug-likeness (QED) is 0.936. The monoisotopic (exact) mass is 274 g/mol. The molecule has 0 unspecified atom stereocenters. The Morgan fingerprint density at radius 2 is 2.15 bits per heavy atom. The largest absolute Gasteiger partial charge is 0.497 e. The molecule has 0 spiro atoms. The van der Waals surface area contributed by atoms with Gasteiger partial charge in [0.15, 0.2) is 0 Å². The van der Waals surface area contributed by atoms with E-state index in [1.165, 1.54) is 13.2 Å². The summed E-state index contributed by atoms with van der Waals surface area (Å²) in [6.45, 7) is 1.65. The summed E-state index contributed by atoms with van der Waals surface area (Å²) in [5.74, 6) is 0.970. The number of aromatic amines is 1. The zero-order chi connectivity index (χ0) is 14.3. The van der Waals surface area contributed by atoms with Crippen molar-refractivity contribution in [3.63, 3.8) is 0 Å². The SMILES string of the molecule is COc1ccc(-c2nc(C3CC3)[nH]c(=O)c2C)c(F)c1. The third-order valence-corrected chi connectivity index (χ3v) is 3.57. The minimum absolute atomic E-state index is 0.202. The average molecular weight is 274 g/mol. The van der Waals surface area contributed by atoms with Crippen LogP contribution in [0.2, 0.25) is 0 Å². The van der Waals surface area contributed by atoms with Gasteiger partial charge in [-0.1, -0.05) is 0 Å². The van der Waals surface area contributed by atoms with Crippen LogP contribution < -0.4 is 10.3 Å². The molecule has 2 aromatic rings. The number of hydrogen-bond donors (Lipinski definition) is 1. The fourth-order valence-electron chi connectivity index (χ4n) is 2.18. The molecule has 0 saturated heterocycles. The summed E-state index contributed by atoms with van der Waals surface area (Å²) in [6, 6.07) is 4.56. The second-order valence-corrected chi connectivity index (χ2v) is 5.04. The van der Waals surface area contributed by atoms with Crippen molar-refractivity contribution in [2.75, 3.05) is 7.11 Å². The number of H-pyrrole nitrogens is 1. The third-order valence-electron chi connectivity index (χ3n) is 3.57. The van der Waals surface area contributed by atoms with Gasteiger partial charge in [0.1, 0.15) is 17.4 Å². The van der Waals surface area contributed by atoms with Crippen LogP contribution in [0.15, 0.2) is 23.0 Å². The summed E-state index contributed by atoms with van der Waals surface area (Å²) >= 11 is 0. The van der Waals surface area contributed by atoms with Crippen molar-refractivity contribution in [2.45, 2.75) is 25.7 Å². The summed E-state index contributed by atoms with van der Waals surface area (Å²) in [5.41, 5.74) is 0.970. The molecule has 4 nitrogen and oxygen atoms in total. The van der Waals surface area contributed by atoms with Gasteiger partial charge < -0.3 is 9.72 Å². The molecule has 0 atom stereocenters. The van der Waals surface area contributed by atoms with E-state index in [1.54, 1.807) is 19.1 Å². The van der Waals surface area contributed by atoms with Crippen molar-refractivity contribution < 1.29 is 9.13 Å². The smallest absolute Gasteiger partial charge is 0.254 e. The molecule has 1 saturated carbocycles. The molecular formula is C15H15FN2O2. The molecule has 1 aliphatic rings. The highest BCUT2D eigenvalue weighted by Crippen LogP contribution is 2.38. The Morgan fingerprint density at radius 1 is 1.40 bits per heavy atom. The number of benzene rings is 1. The molecule has 3 rings (SSSR count). The summed E-state index contributed by atoms with van der Waals surface area (Å²) in [5, 5.41) is 0. The van der Waals surface area contributed by atoms with Gasteiger partial charge in [-0.15, -0.1) is 0 Å². The molecule has 1 fully saturated rings. The van der Waals surface area contributed by atoms with Crippen LogP contribution in [0, 0.1) is 12.7 Å². The van der Waals surface area contributed by atoms with Crippen LogP contribution >= 0.6 is 0 Å². The van der Waals surface area contributed by atoms with Gasteiger partial charge in [-0.2, -0.15) is 0 Å². The molecule has 104 valence electrons. The molecule has 0 bridgehead atoms. The van der Waals surface area contributed by atoms with E-state index >= 15 is 0 Å². The first-order chi connectivity index (χ1) is 9.60. The molecular weight excluding hydrogens is 259 g/mol. The lowest BCUT2D eigenvalue weighted by Crippen LogP contribution is -2.16. The summed E-state index contributed by atoms with van der Waals surface area (Å²) < 4.78 is 19.1. The number of methoxy groups -OCH3 is 1. The molecule has 0 aliphatic heterocycles. The maximum absolute atomic E-state index is 14.2. The molecule has 0 radical (unpaired) electrons. The van der Waals surface area contributed by atoms with Crippen LogP contribution in [0.4, 0.5) is 4.39 Å². The fourth-order valence-corrected chi connectivity index (χ4v) is 2.18. The average Bonchev–Trinajstić information content (AvgIpc) is 3.26. The Bertz CT molecular complexity index is 720. The number of halogens is 1. The first kappa shape index (κ1) is 12.8. The van der Waals surface area contributed by atoms with Crippen LogP contribution in [-0.4, -0.2) is 17.1 Å². The van der Waals surface area contributed by atoms with Crippen molar-refractivity contribution >= 4 is 0 Å². The van der Waals surface area contributed by atoms with E-state index in [0.29, 0.717) is 34.3 Å². The van der Waals surface area contributed by atoms with Crippen molar-refractivity contribution in [1.82, 2.24) is 9.97 Å². The molecule has 1 aromatic heterocycles. The van der Waals surface area contributed by atoms with Crippen molar-refractivity contribution in [2.24, 2.45) is 0 Å². The maximum atomic E-state index is 14.2. The molecule has 5 heteroatoms. The molecule has 1 heterocycles. The predicted molar refractivity (Wildman–Crippen MR) is 73.5 cm³/mol. The van der Waals surface area contributed by atoms with E-state index in [1.807, 2.05) is 0 Å². The maximum Gasteiger partial charge on any atom is 0.254 e. The normalized spacial score (nSPS) is 14.3. The van der Waals surface area contributed by atoms with Crippen LogP contribution in [0.25, 0.3) is 11.3 Å². The predicted octanol–water partition coefficient (Wildman–Crippen LogP) is 2.77. The highest BCUT2D eigenvalue weighted by Gasteiger charge is 2.27. The van der Waals surface area contributed by atoms with Gasteiger partial charge in [-0.25, -0.2) is 9.37 Å². The fraction of sp³-hybridized carbons (Fsp3) is 0.333. The lowest BCUT2D eigenvalue weighted by molar-refractivity contribution is 0.411. The van der Waals surface area contributed by atoms with Crippen molar-refractivity contribution in [3.05, 3.63) is 45.8 Å². The van der Waals surface area contributed by atoms with E-state index < -0.39 is 5.82 Å². The minimum atomic E-state index is -0.438. The minimum Gasteiger partial charge on any atom is -0.497 e. The van der Waals surface area contributed by atoms with Crippen molar-refractivity contribution in [1.29, 1.82) is 0 Å². The van der Waals surface area contributed by atoms with E-state index in [9.17, 15) is 9.18 Å².